The number of carbonyl (C=O) groups excluding carboxylic acids is 7. The molecule has 18 nitrogen and oxygen atoms in total. The zero-order valence-corrected chi connectivity index (χ0v) is 29.6. The molecule has 0 aliphatic carbocycles. The molecule has 53 heavy (non-hydrogen) atoms. The monoisotopic (exact) mass is 742 g/mol. The van der Waals surface area contributed by atoms with Gasteiger partial charge in [0.1, 0.15) is 16.7 Å². The van der Waals surface area contributed by atoms with Crippen LogP contribution in [0.4, 0.5) is 0 Å². The van der Waals surface area contributed by atoms with Crippen LogP contribution >= 0.6 is 0 Å². The maximum atomic E-state index is 13.7. The Morgan fingerprint density at radius 1 is 0.566 bits per heavy atom. The highest BCUT2D eigenvalue weighted by atomic mass is 16.7. The summed E-state index contributed by atoms with van der Waals surface area (Å²) >= 11 is 0. The topological polar surface area (TPSA) is 233 Å². The summed E-state index contributed by atoms with van der Waals surface area (Å²) in [5.74, 6) is -7.92. The Morgan fingerprint density at radius 3 is 1.66 bits per heavy atom. The van der Waals surface area contributed by atoms with Crippen molar-refractivity contribution in [3.05, 3.63) is 40.6 Å². The molecule has 2 aromatic carbocycles. The first kappa shape index (κ1) is 39.5. The molecule has 2 heterocycles. The standard InChI is InChI=1S/C35H34O18/c1-14-30(47-17(4)38)33(50-20(7)41)34(51-21(8)42)35(44-14)53-28-13-27-29(32(49-19(6)40)31(28)48-18(5)39)23(43)12-25(52-27)22-9-10-24(45-15(2)36)26(11-22)46-16(3)37/h9-14,30,33-35H,1-8H3/t14-,30-,33+,34+,35-/m0/s1. The van der Waals surface area contributed by atoms with Gasteiger partial charge in [0.2, 0.25) is 18.1 Å². The quantitative estimate of drug-likeness (QED) is 0.165. The van der Waals surface area contributed by atoms with Crippen molar-refractivity contribution in [3.8, 4) is 40.1 Å². The van der Waals surface area contributed by atoms with Gasteiger partial charge in [-0.1, -0.05) is 0 Å². The first-order chi connectivity index (χ1) is 24.8. The number of hydrogen-bond acceptors (Lipinski definition) is 18. The van der Waals surface area contributed by atoms with E-state index in [2.05, 4.69) is 0 Å². The predicted octanol–water partition coefficient (Wildman–Crippen LogP) is 3.08. The molecule has 1 aliphatic heterocycles. The summed E-state index contributed by atoms with van der Waals surface area (Å²) in [6.07, 6.45) is -7.16. The third kappa shape index (κ3) is 9.73. The molecule has 0 amide bonds. The van der Waals surface area contributed by atoms with Gasteiger partial charge in [-0.05, 0) is 25.1 Å². The summed E-state index contributed by atoms with van der Waals surface area (Å²) in [5, 5.41) is -0.383. The maximum Gasteiger partial charge on any atom is 0.308 e. The van der Waals surface area contributed by atoms with E-state index in [1.54, 1.807) is 0 Å². The van der Waals surface area contributed by atoms with Crippen LogP contribution in [-0.4, -0.2) is 72.5 Å². The Bertz CT molecular complexity index is 2040. The summed E-state index contributed by atoms with van der Waals surface area (Å²) in [5.41, 5.74) is -0.971. The van der Waals surface area contributed by atoms with Crippen molar-refractivity contribution in [3.63, 3.8) is 0 Å². The number of ether oxygens (including phenoxy) is 9. The molecule has 0 unspecified atom stereocenters. The fourth-order valence-electron chi connectivity index (χ4n) is 5.28. The third-order valence-corrected chi connectivity index (χ3v) is 7.00. The van der Waals surface area contributed by atoms with Gasteiger partial charge >= 0.3 is 41.8 Å². The van der Waals surface area contributed by atoms with Gasteiger partial charge in [-0.25, -0.2) is 0 Å². The Balaban J connectivity index is 1.96. The van der Waals surface area contributed by atoms with Crippen molar-refractivity contribution in [1.29, 1.82) is 0 Å². The fourth-order valence-corrected chi connectivity index (χ4v) is 5.28. The van der Waals surface area contributed by atoms with Crippen molar-refractivity contribution >= 4 is 52.8 Å². The fraction of sp³-hybridized carbons (Fsp3) is 0.371. The third-order valence-electron chi connectivity index (χ3n) is 7.00. The van der Waals surface area contributed by atoms with E-state index < -0.39 is 95.2 Å². The molecule has 282 valence electrons. The van der Waals surface area contributed by atoms with Gasteiger partial charge in [0.25, 0.3) is 0 Å². The molecule has 1 aromatic heterocycles. The molecule has 5 atom stereocenters. The molecule has 0 bridgehead atoms. The van der Waals surface area contributed by atoms with Crippen LogP contribution in [0.15, 0.2) is 39.5 Å². The predicted molar refractivity (Wildman–Crippen MR) is 175 cm³/mol. The average molecular weight is 743 g/mol. The summed E-state index contributed by atoms with van der Waals surface area (Å²) < 4.78 is 55.3. The van der Waals surface area contributed by atoms with Gasteiger partial charge in [0.15, 0.2) is 40.6 Å². The summed E-state index contributed by atoms with van der Waals surface area (Å²) in [6, 6.07) is 6.04. The Hall–Kier alpha value is -6.30. The second kappa shape index (κ2) is 16.4. The van der Waals surface area contributed by atoms with Crippen molar-refractivity contribution in [1.82, 2.24) is 0 Å². The number of rotatable bonds is 10. The van der Waals surface area contributed by atoms with Crippen molar-refractivity contribution in [2.75, 3.05) is 0 Å². The van der Waals surface area contributed by atoms with Crippen molar-refractivity contribution in [2.45, 2.75) is 86.1 Å². The van der Waals surface area contributed by atoms with E-state index in [1.165, 1.54) is 25.1 Å². The van der Waals surface area contributed by atoms with E-state index in [4.69, 9.17) is 47.0 Å². The minimum absolute atomic E-state index is 0.106. The van der Waals surface area contributed by atoms with Gasteiger partial charge in [-0.15, -0.1) is 0 Å². The smallest absolute Gasteiger partial charge is 0.308 e. The minimum Gasteiger partial charge on any atom is -0.456 e. The number of fused-ring (bicyclic) bond motifs is 1. The molecular formula is C35H34O18. The zero-order chi connectivity index (χ0) is 39.3. The summed E-state index contributed by atoms with van der Waals surface area (Å²) in [7, 11) is 0. The van der Waals surface area contributed by atoms with Crippen LogP contribution in [0, 0.1) is 0 Å². The van der Waals surface area contributed by atoms with Crippen LogP contribution in [0.2, 0.25) is 0 Å². The molecule has 1 aliphatic rings. The van der Waals surface area contributed by atoms with Crippen LogP contribution < -0.4 is 29.1 Å². The molecule has 3 aromatic rings. The Kier molecular flexibility index (Phi) is 12.2. The Labute approximate surface area is 300 Å². The van der Waals surface area contributed by atoms with E-state index in [9.17, 15) is 38.4 Å². The van der Waals surface area contributed by atoms with Crippen LogP contribution in [0.3, 0.4) is 0 Å². The molecule has 0 N–H and O–H groups in total. The van der Waals surface area contributed by atoms with Crippen LogP contribution in [0.5, 0.6) is 28.7 Å². The minimum atomic E-state index is -1.70. The average Bonchev–Trinajstić information content (AvgIpc) is 3.01. The van der Waals surface area contributed by atoms with E-state index in [-0.39, 0.29) is 33.8 Å². The first-order valence-corrected chi connectivity index (χ1v) is 15.7. The molecule has 1 saturated heterocycles. The molecule has 0 radical (unpaired) electrons. The Morgan fingerprint density at radius 2 is 1.09 bits per heavy atom. The van der Waals surface area contributed by atoms with Gasteiger partial charge in [0, 0.05) is 66.2 Å². The lowest BCUT2D eigenvalue weighted by Gasteiger charge is -2.43. The SMILES string of the molecule is CC(=O)Oc1ccc(-c2cc(=O)c3c(OC(C)=O)c(OC(C)=O)c(O[C@@H]4O[C@@H](C)[C@H](OC(C)=O)[C@@H](OC(C)=O)[C@H]4OC(C)=O)cc3o2)cc1OC(C)=O. The lowest BCUT2D eigenvalue weighted by atomic mass is 9.98. The maximum absolute atomic E-state index is 13.7. The second-order valence-corrected chi connectivity index (χ2v) is 11.5. The van der Waals surface area contributed by atoms with Crippen molar-refractivity contribution < 1.29 is 80.6 Å². The lowest BCUT2D eigenvalue weighted by molar-refractivity contribution is -0.280. The molecule has 18 heteroatoms. The van der Waals surface area contributed by atoms with E-state index in [0.717, 1.165) is 60.6 Å². The highest BCUT2D eigenvalue weighted by Gasteiger charge is 2.52. The molecule has 4 rings (SSSR count). The molecule has 1 fully saturated rings. The number of esters is 7. The summed E-state index contributed by atoms with van der Waals surface area (Å²) in [4.78, 5) is 98.2. The zero-order valence-electron chi connectivity index (χ0n) is 29.6. The van der Waals surface area contributed by atoms with E-state index >= 15 is 0 Å². The van der Waals surface area contributed by atoms with Crippen molar-refractivity contribution in [2.24, 2.45) is 0 Å². The number of carbonyl (C=O) groups is 7. The van der Waals surface area contributed by atoms with Crippen LogP contribution in [0.25, 0.3) is 22.3 Å². The lowest BCUT2D eigenvalue weighted by Crippen LogP contribution is -2.62. The summed E-state index contributed by atoms with van der Waals surface area (Å²) in [6.45, 7) is 8.94. The largest absolute Gasteiger partial charge is 0.456 e. The van der Waals surface area contributed by atoms with E-state index in [0.29, 0.717) is 0 Å². The van der Waals surface area contributed by atoms with Crippen LogP contribution in [-0.2, 0) is 52.5 Å². The highest BCUT2D eigenvalue weighted by molar-refractivity contribution is 5.93. The van der Waals surface area contributed by atoms with Gasteiger partial charge < -0.3 is 47.0 Å². The first-order valence-electron chi connectivity index (χ1n) is 15.7. The molecular weight excluding hydrogens is 708 g/mol. The van der Waals surface area contributed by atoms with Gasteiger partial charge in [0.05, 0.1) is 6.10 Å². The number of hydrogen-bond donors (Lipinski definition) is 0. The van der Waals surface area contributed by atoms with E-state index in [1.807, 2.05) is 0 Å². The van der Waals surface area contributed by atoms with Gasteiger partial charge in [-0.3, -0.25) is 38.4 Å². The number of benzene rings is 2. The normalized spacial score (nSPS) is 19.3. The second-order valence-electron chi connectivity index (χ2n) is 11.5. The van der Waals surface area contributed by atoms with Crippen LogP contribution in [0.1, 0.15) is 55.4 Å². The molecule has 0 spiro atoms. The van der Waals surface area contributed by atoms with Gasteiger partial charge in [-0.2, -0.15) is 0 Å². The highest BCUT2D eigenvalue weighted by Crippen LogP contribution is 2.45. The molecule has 0 saturated carbocycles.